The monoisotopic (exact) mass is 243 g/mol. The third-order valence-electron chi connectivity index (χ3n) is 1.83. The summed E-state index contributed by atoms with van der Waals surface area (Å²) in [5.41, 5.74) is 0. The SMILES string of the molecule is COCCCCN(CC(=O)O)CC(F)(F)F. The molecule has 0 bridgehead atoms. The van der Waals surface area contributed by atoms with Crippen molar-refractivity contribution in [1.82, 2.24) is 4.90 Å². The minimum Gasteiger partial charge on any atom is -0.480 e. The van der Waals surface area contributed by atoms with Crippen molar-refractivity contribution in [2.24, 2.45) is 0 Å². The molecule has 0 atom stereocenters. The van der Waals surface area contributed by atoms with E-state index in [0.29, 0.717) is 19.4 Å². The number of rotatable bonds is 8. The third kappa shape index (κ3) is 9.72. The molecule has 0 aliphatic rings. The molecule has 0 heterocycles. The van der Waals surface area contributed by atoms with Crippen molar-refractivity contribution in [3.63, 3.8) is 0 Å². The third-order valence-corrected chi connectivity index (χ3v) is 1.83. The first-order valence-electron chi connectivity index (χ1n) is 4.85. The second kappa shape index (κ2) is 7.45. The smallest absolute Gasteiger partial charge is 0.401 e. The van der Waals surface area contributed by atoms with Crippen molar-refractivity contribution in [2.75, 3.05) is 33.4 Å². The maximum Gasteiger partial charge on any atom is 0.401 e. The molecule has 0 aliphatic carbocycles. The molecule has 0 spiro atoms. The zero-order valence-electron chi connectivity index (χ0n) is 9.09. The Morgan fingerprint density at radius 3 is 2.44 bits per heavy atom. The fourth-order valence-corrected chi connectivity index (χ4v) is 1.24. The van der Waals surface area contributed by atoms with Crippen molar-refractivity contribution < 1.29 is 27.8 Å². The van der Waals surface area contributed by atoms with Gasteiger partial charge in [-0.15, -0.1) is 0 Å². The molecule has 0 saturated heterocycles. The number of hydrogen-bond donors (Lipinski definition) is 1. The number of halogens is 3. The number of alkyl halides is 3. The molecule has 0 saturated carbocycles. The van der Waals surface area contributed by atoms with Crippen LogP contribution in [0.15, 0.2) is 0 Å². The molecule has 0 rings (SSSR count). The van der Waals surface area contributed by atoms with E-state index in [1.54, 1.807) is 0 Å². The molecular weight excluding hydrogens is 227 g/mol. The highest BCUT2D eigenvalue weighted by molar-refractivity contribution is 5.69. The van der Waals surface area contributed by atoms with E-state index in [0.717, 1.165) is 4.90 Å². The number of ether oxygens (including phenoxy) is 1. The van der Waals surface area contributed by atoms with Gasteiger partial charge in [0.25, 0.3) is 0 Å². The molecule has 0 unspecified atom stereocenters. The van der Waals surface area contributed by atoms with E-state index in [1.807, 2.05) is 0 Å². The summed E-state index contributed by atoms with van der Waals surface area (Å²) in [6, 6.07) is 0. The minimum atomic E-state index is -4.36. The first-order valence-corrected chi connectivity index (χ1v) is 4.85. The van der Waals surface area contributed by atoms with Gasteiger partial charge in [0.1, 0.15) is 0 Å². The van der Waals surface area contributed by atoms with Crippen molar-refractivity contribution in [1.29, 1.82) is 0 Å². The Bertz CT molecular complexity index is 209. The maximum absolute atomic E-state index is 12.1. The lowest BCUT2D eigenvalue weighted by Crippen LogP contribution is -2.38. The van der Waals surface area contributed by atoms with Gasteiger partial charge in [-0.25, -0.2) is 0 Å². The highest BCUT2D eigenvalue weighted by atomic mass is 19.4. The number of hydrogen-bond acceptors (Lipinski definition) is 3. The summed E-state index contributed by atoms with van der Waals surface area (Å²) in [7, 11) is 1.50. The highest BCUT2D eigenvalue weighted by Crippen LogP contribution is 2.16. The van der Waals surface area contributed by atoms with Crippen LogP contribution in [0.4, 0.5) is 13.2 Å². The van der Waals surface area contributed by atoms with Gasteiger partial charge < -0.3 is 9.84 Å². The summed E-state index contributed by atoms with van der Waals surface area (Å²) in [5, 5.41) is 8.45. The van der Waals surface area contributed by atoms with E-state index in [-0.39, 0.29) is 6.54 Å². The zero-order chi connectivity index (χ0) is 12.6. The Morgan fingerprint density at radius 2 is 2.00 bits per heavy atom. The summed E-state index contributed by atoms with van der Waals surface area (Å²) >= 11 is 0. The van der Waals surface area contributed by atoms with Crippen LogP contribution in [0.1, 0.15) is 12.8 Å². The zero-order valence-corrected chi connectivity index (χ0v) is 9.09. The molecule has 0 aliphatic heterocycles. The second-order valence-corrected chi connectivity index (χ2v) is 3.42. The van der Waals surface area contributed by atoms with E-state index >= 15 is 0 Å². The molecule has 1 N–H and O–H groups in total. The number of carboxylic acid groups (broad SMARTS) is 1. The fourth-order valence-electron chi connectivity index (χ4n) is 1.24. The Hall–Kier alpha value is -0.820. The number of nitrogens with zero attached hydrogens (tertiary/aromatic N) is 1. The van der Waals surface area contributed by atoms with Crippen LogP contribution in [0.5, 0.6) is 0 Å². The van der Waals surface area contributed by atoms with Gasteiger partial charge in [-0.2, -0.15) is 13.2 Å². The Balaban J connectivity index is 3.96. The van der Waals surface area contributed by atoms with Crippen LogP contribution in [0, 0.1) is 0 Å². The summed E-state index contributed by atoms with van der Waals surface area (Å²) < 4.78 is 41.0. The lowest BCUT2D eigenvalue weighted by molar-refractivity contribution is -0.154. The molecular formula is C9H16F3NO3. The first kappa shape index (κ1) is 15.2. The van der Waals surface area contributed by atoms with Crippen LogP contribution in [0.3, 0.4) is 0 Å². The number of methoxy groups -OCH3 is 1. The molecule has 4 nitrogen and oxygen atoms in total. The average Bonchev–Trinajstić information content (AvgIpc) is 2.08. The number of carbonyl (C=O) groups is 1. The predicted octanol–water partition coefficient (Wildman–Crippen LogP) is 1.36. The topological polar surface area (TPSA) is 49.8 Å². The first-order chi connectivity index (χ1) is 7.35. The second-order valence-electron chi connectivity index (χ2n) is 3.42. The Labute approximate surface area is 92.0 Å². The molecule has 0 amide bonds. The molecule has 96 valence electrons. The van der Waals surface area contributed by atoms with Gasteiger partial charge in [0.15, 0.2) is 0 Å². The van der Waals surface area contributed by atoms with Gasteiger partial charge in [-0.3, -0.25) is 9.69 Å². The Morgan fingerprint density at radius 1 is 1.38 bits per heavy atom. The summed E-state index contributed by atoms with van der Waals surface area (Å²) in [6.07, 6.45) is -3.27. The van der Waals surface area contributed by atoms with Gasteiger partial charge in [0.2, 0.25) is 0 Å². The molecule has 16 heavy (non-hydrogen) atoms. The Kier molecular flexibility index (Phi) is 7.07. The van der Waals surface area contributed by atoms with Crippen LogP contribution in [-0.2, 0) is 9.53 Å². The van der Waals surface area contributed by atoms with Gasteiger partial charge in [-0.05, 0) is 19.4 Å². The molecule has 0 fully saturated rings. The number of unbranched alkanes of at least 4 members (excludes halogenated alkanes) is 1. The van der Waals surface area contributed by atoms with Gasteiger partial charge in [0.05, 0.1) is 13.1 Å². The van der Waals surface area contributed by atoms with Crippen LogP contribution in [-0.4, -0.2) is 55.5 Å². The van der Waals surface area contributed by atoms with Crippen LogP contribution >= 0.6 is 0 Å². The van der Waals surface area contributed by atoms with Crippen molar-refractivity contribution in [3.8, 4) is 0 Å². The standard InChI is InChI=1S/C9H16F3NO3/c1-16-5-3-2-4-13(6-8(14)15)7-9(10,11)12/h2-7H2,1H3,(H,14,15). The average molecular weight is 243 g/mol. The quantitative estimate of drug-likeness (QED) is 0.654. The summed E-state index contributed by atoms with van der Waals surface area (Å²) in [5.74, 6) is -1.25. The molecule has 7 heteroatoms. The minimum absolute atomic E-state index is 0.106. The van der Waals surface area contributed by atoms with Gasteiger partial charge >= 0.3 is 12.1 Å². The van der Waals surface area contributed by atoms with Crippen LogP contribution in [0.2, 0.25) is 0 Å². The normalized spacial score (nSPS) is 12.1. The van der Waals surface area contributed by atoms with Gasteiger partial charge in [0, 0.05) is 13.7 Å². The van der Waals surface area contributed by atoms with E-state index in [1.165, 1.54) is 7.11 Å². The van der Waals surface area contributed by atoms with Crippen LogP contribution < -0.4 is 0 Å². The lowest BCUT2D eigenvalue weighted by Gasteiger charge is -2.21. The molecule has 0 aromatic heterocycles. The molecule has 0 radical (unpaired) electrons. The summed E-state index contributed by atoms with van der Waals surface area (Å²) in [6.45, 7) is -1.21. The maximum atomic E-state index is 12.1. The predicted molar refractivity (Wildman–Crippen MR) is 51.2 cm³/mol. The number of carboxylic acids is 1. The van der Waals surface area contributed by atoms with E-state index in [2.05, 4.69) is 0 Å². The fraction of sp³-hybridized carbons (Fsp3) is 0.889. The molecule has 0 aromatic carbocycles. The van der Waals surface area contributed by atoms with Crippen molar-refractivity contribution in [3.05, 3.63) is 0 Å². The van der Waals surface area contributed by atoms with E-state index in [9.17, 15) is 18.0 Å². The largest absolute Gasteiger partial charge is 0.480 e. The van der Waals surface area contributed by atoms with Crippen molar-refractivity contribution >= 4 is 5.97 Å². The highest BCUT2D eigenvalue weighted by Gasteiger charge is 2.31. The molecule has 0 aromatic rings. The number of aliphatic carboxylic acids is 1. The summed E-state index contributed by atoms with van der Waals surface area (Å²) in [4.78, 5) is 11.2. The van der Waals surface area contributed by atoms with Gasteiger partial charge in [-0.1, -0.05) is 0 Å². The lowest BCUT2D eigenvalue weighted by atomic mass is 10.3. The van der Waals surface area contributed by atoms with Crippen molar-refractivity contribution in [2.45, 2.75) is 19.0 Å². The van der Waals surface area contributed by atoms with E-state index in [4.69, 9.17) is 9.84 Å². The van der Waals surface area contributed by atoms with Crippen LogP contribution in [0.25, 0.3) is 0 Å². The van der Waals surface area contributed by atoms with E-state index < -0.39 is 25.2 Å².